The highest BCUT2D eigenvalue weighted by atomic mass is 32.2. The fraction of sp³-hybridized carbons (Fsp3) is 1.00. The van der Waals surface area contributed by atoms with Gasteiger partial charge in [-0.2, -0.15) is 16.8 Å². The molecule has 0 spiro atoms. The van der Waals surface area contributed by atoms with E-state index in [0.717, 1.165) is 12.5 Å². The summed E-state index contributed by atoms with van der Waals surface area (Å²) in [5.41, 5.74) is 0. The van der Waals surface area contributed by atoms with Gasteiger partial charge < -0.3 is 156 Å². The third-order valence-corrected chi connectivity index (χ3v) is 20.7. The molecule has 39 nitrogen and oxygen atoms in total. The smallest absolute Gasteiger partial charge is 0.264 e. The molecule has 0 aliphatic carbocycles. The number of rotatable bonds is 30. The van der Waals surface area contributed by atoms with Crippen molar-refractivity contribution >= 4 is 20.2 Å². The standard InChI is InChI=1S/C63H112O39S2/c1-68-22-29-36-43(73-6)50(80-13)57(89-29)97-37-30(23-69-2)92-60(53(83-16)44(37)74-7)101-41-34(27-87-103(20,64)65)95-63(56(86-19)48(41)78-11)100-40-33(26-72-5)91-59(52(82-15)47(40)77-10)98-38-31(24-70-3)93-61(54(84-17)45(38)75-8)102-42-35(28-88-104(21,66)67)94-62(55(85-18)49(42)79-12)99-39-32(25-71-4)90-58(96-36)51(81-14)46(39)76-9/h29-63H,22-28H2,1-21H3/t29-,30-,31-,32-,33-,34-,35-,36-,37-,38-,39-,40-,41-,42-,43+,44+,45+,46+,47+,48+,49+,50-,51-,52-,53-,54-,55-,56-,57-,58-,59-,60-,61-,62-,63-/m1/s1. The minimum Gasteiger partial charge on any atom is -0.382 e. The SMILES string of the molecule is COC[C@H]1O[C@@H]2O[C@H]3[C@H](OC)[C@@H](OC)[C@@H](O[C@H]4[C@H](OC)[C@@H](OC)[C@@H](O[C@H]5[C@H](OC)[C@@H](OC)[C@@H](O[C@H]6[C@H](OC)[C@@H](OC)[C@@H](O[C@H]7[C@H](OC)[C@@H](OC)[C@@H](O[C@H]8[C@H](OC)[C@@H](OC)[C@@H](O[C@H]1[C@H](OC)[C@H]2OC)O[C@@H]8COC)O[C@@H]7COS(C)(=O)=O)O[C@@H]6COC)O[C@@H]5COC)O[C@@H]4COS(C)(=O)=O)O[C@@H]3COC. The second-order valence-electron chi connectivity index (χ2n) is 25.6. The molecule has 0 amide bonds. The van der Waals surface area contributed by atoms with E-state index in [4.69, 9.17) is 165 Å². The highest BCUT2D eigenvalue weighted by Gasteiger charge is 2.62. The molecule has 0 aromatic carbocycles. The number of methoxy groups -OCH3 is 19. The summed E-state index contributed by atoms with van der Waals surface area (Å²) < 4.78 is 275. The van der Waals surface area contributed by atoms with Crippen LogP contribution in [0.5, 0.6) is 0 Å². The Morgan fingerprint density at radius 3 is 0.423 bits per heavy atom. The van der Waals surface area contributed by atoms with Crippen molar-refractivity contribution < 1.29 is 182 Å². The Balaban J connectivity index is 1.27. The maximum atomic E-state index is 13.0. The quantitative estimate of drug-likeness (QED) is 0.0654. The van der Waals surface area contributed by atoms with Gasteiger partial charge in [-0.15, -0.1) is 0 Å². The average Bonchev–Trinajstić information content (AvgIpc) is 0.767. The molecular weight excluding hydrogens is 1440 g/mol. The normalized spacial score (nSPS) is 44.4. The summed E-state index contributed by atoms with van der Waals surface area (Å²) in [6.07, 6.45) is -40.5. The summed E-state index contributed by atoms with van der Waals surface area (Å²) in [5, 5.41) is 0. The summed E-state index contributed by atoms with van der Waals surface area (Å²) in [4.78, 5) is 0. The van der Waals surface area contributed by atoms with E-state index in [0.29, 0.717) is 0 Å². The van der Waals surface area contributed by atoms with Crippen molar-refractivity contribution in [2.24, 2.45) is 0 Å². The van der Waals surface area contributed by atoms with E-state index in [1.807, 2.05) is 0 Å². The first kappa shape index (κ1) is 88.1. The molecule has 21 rings (SSSR count). The molecule has 21 aliphatic heterocycles. The molecular formula is C63H112O39S2. The molecule has 610 valence electrons. The molecule has 14 bridgehead atoms. The lowest BCUT2D eigenvalue weighted by atomic mass is 9.94. The first-order chi connectivity index (χ1) is 50.0. The maximum absolute atomic E-state index is 13.0. The Bertz CT molecular complexity index is 2660. The van der Waals surface area contributed by atoms with Gasteiger partial charge in [0.2, 0.25) is 0 Å². The van der Waals surface area contributed by atoms with Crippen LogP contribution in [0, 0.1) is 0 Å². The van der Waals surface area contributed by atoms with Crippen LogP contribution in [0.1, 0.15) is 0 Å². The summed E-state index contributed by atoms with van der Waals surface area (Å²) in [6.45, 7) is -2.05. The Morgan fingerprint density at radius 1 is 0.192 bits per heavy atom. The second-order valence-corrected chi connectivity index (χ2v) is 28.9. The van der Waals surface area contributed by atoms with E-state index in [-0.39, 0.29) is 33.0 Å². The van der Waals surface area contributed by atoms with E-state index >= 15 is 0 Å². The Kier molecular flexibility index (Phi) is 35.0. The third-order valence-electron chi connectivity index (χ3n) is 19.5. The van der Waals surface area contributed by atoms with Gasteiger partial charge in [0.25, 0.3) is 20.2 Å². The van der Waals surface area contributed by atoms with E-state index in [9.17, 15) is 16.8 Å². The molecule has 21 heterocycles. The fourth-order valence-corrected chi connectivity index (χ4v) is 15.7. The van der Waals surface area contributed by atoms with Crippen LogP contribution in [-0.2, 0) is 185 Å². The van der Waals surface area contributed by atoms with Gasteiger partial charge in [-0.05, 0) is 0 Å². The molecule has 0 N–H and O–H groups in total. The van der Waals surface area contributed by atoms with Crippen LogP contribution in [0.25, 0.3) is 0 Å². The topological polar surface area (TPSA) is 391 Å². The highest BCUT2D eigenvalue weighted by Crippen LogP contribution is 2.43. The molecule has 0 saturated carbocycles. The molecule has 21 fully saturated rings. The Hall–Kier alpha value is -1.50. The zero-order valence-corrected chi connectivity index (χ0v) is 64.5. The van der Waals surface area contributed by atoms with Crippen molar-refractivity contribution in [3.05, 3.63) is 0 Å². The second kappa shape index (κ2) is 41.3. The lowest BCUT2D eigenvalue weighted by Gasteiger charge is -2.52. The lowest BCUT2D eigenvalue weighted by molar-refractivity contribution is -0.402. The molecule has 0 radical (unpaired) electrons. The summed E-state index contributed by atoms with van der Waals surface area (Å²) >= 11 is 0. The van der Waals surface area contributed by atoms with Crippen LogP contribution < -0.4 is 0 Å². The van der Waals surface area contributed by atoms with Crippen LogP contribution in [0.3, 0.4) is 0 Å². The molecule has 41 heteroatoms. The van der Waals surface area contributed by atoms with Gasteiger partial charge in [-0.1, -0.05) is 0 Å². The van der Waals surface area contributed by atoms with Crippen molar-refractivity contribution in [2.45, 2.75) is 215 Å². The van der Waals surface area contributed by atoms with Crippen LogP contribution in [0.2, 0.25) is 0 Å². The first-order valence-corrected chi connectivity index (χ1v) is 37.3. The number of ether oxygens (including phenoxy) is 33. The lowest BCUT2D eigenvalue weighted by Crippen LogP contribution is -2.69. The molecule has 0 unspecified atom stereocenters. The zero-order chi connectivity index (χ0) is 75.9. The van der Waals surface area contributed by atoms with Gasteiger partial charge >= 0.3 is 0 Å². The first-order valence-electron chi connectivity index (χ1n) is 33.7. The summed E-state index contributed by atoms with van der Waals surface area (Å²) in [7, 11) is 18.7. The molecule has 21 saturated heterocycles. The van der Waals surface area contributed by atoms with Gasteiger partial charge in [-0.3, -0.25) is 8.37 Å². The minimum absolute atomic E-state index is 0.118. The van der Waals surface area contributed by atoms with Gasteiger partial charge in [0.05, 0.1) is 58.8 Å². The van der Waals surface area contributed by atoms with Crippen molar-refractivity contribution in [3.8, 4) is 0 Å². The fourth-order valence-electron chi connectivity index (χ4n) is 14.9. The van der Waals surface area contributed by atoms with Gasteiger partial charge in [0.1, 0.15) is 171 Å². The van der Waals surface area contributed by atoms with E-state index in [2.05, 4.69) is 0 Å². The Morgan fingerprint density at radius 2 is 0.317 bits per heavy atom. The van der Waals surface area contributed by atoms with Gasteiger partial charge in [0, 0.05) is 135 Å². The van der Waals surface area contributed by atoms with Crippen LogP contribution in [-0.4, -0.2) is 426 Å². The minimum atomic E-state index is -4.18. The van der Waals surface area contributed by atoms with Crippen molar-refractivity contribution in [3.63, 3.8) is 0 Å². The van der Waals surface area contributed by atoms with Crippen molar-refractivity contribution in [2.75, 3.05) is 194 Å². The van der Waals surface area contributed by atoms with E-state index in [1.54, 1.807) is 0 Å². The molecule has 104 heavy (non-hydrogen) atoms. The van der Waals surface area contributed by atoms with Gasteiger partial charge in [0.15, 0.2) is 44.0 Å². The molecule has 0 aromatic heterocycles. The maximum Gasteiger partial charge on any atom is 0.264 e. The summed E-state index contributed by atoms with van der Waals surface area (Å²) in [6, 6.07) is 0. The summed E-state index contributed by atoms with van der Waals surface area (Å²) in [5.74, 6) is 0. The predicted molar refractivity (Wildman–Crippen MR) is 347 cm³/mol. The van der Waals surface area contributed by atoms with Crippen molar-refractivity contribution in [1.29, 1.82) is 0 Å². The zero-order valence-electron chi connectivity index (χ0n) is 62.9. The van der Waals surface area contributed by atoms with Gasteiger partial charge in [-0.25, -0.2) is 0 Å². The number of hydrogen-bond donors (Lipinski definition) is 0. The Labute approximate surface area is 608 Å². The van der Waals surface area contributed by atoms with E-state index in [1.165, 1.54) is 135 Å². The van der Waals surface area contributed by atoms with Crippen molar-refractivity contribution in [1.82, 2.24) is 0 Å². The number of hydrogen-bond acceptors (Lipinski definition) is 39. The average molecular weight is 1560 g/mol. The highest BCUT2D eigenvalue weighted by molar-refractivity contribution is 7.86. The largest absolute Gasteiger partial charge is 0.382 e. The molecule has 21 aliphatic rings. The predicted octanol–water partition coefficient (Wildman–Crippen LogP) is -2.83. The van der Waals surface area contributed by atoms with Crippen LogP contribution in [0.15, 0.2) is 0 Å². The molecule has 0 aromatic rings. The van der Waals surface area contributed by atoms with Crippen LogP contribution in [0.4, 0.5) is 0 Å². The molecule has 35 atom stereocenters. The monoisotopic (exact) mass is 1560 g/mol. The van der Waals surface area contributed by atoms with E-state index < -0.39 is 248 Å². The third kappa shape index (κ3) is 20.3. The van der Waals surface area contributed by atoms with Crippen LogP contribution >= 0.6 is 0 Å².